The molecule has 1 aromatic carbocycles. The molecule has 0 aliphatic rings. The highest BCUT2D eigenvalue weighted by Crippen LogP contribution is 2.29. The molecule has 2 aromatic rings. The highest BCUT2D eigenvalue weighted by molar-refractivity contribution is 6.36. The van der Waals surface area contributed by atoms with E-state index < -0.39 is 17.5 Å². The van der Waals surface area contributed by atoms with E-state index in [-0.39, 0.29) is 16.3 Å². The summed E-state index contributed by atoms with van der Waals surface area (Å²) in [6, 6.07) is 6.06. The van der Waals surface area contributed by atoms with Crippen molar-refractivity contribution in [3.8, 4) is 0 Å². The molecule has 0 aliphatic carbocycles. The van der Waals surface area contributed by atoms with Crippen LogP contribution < -0.4 is 0 Å². The smallest absolute Gasteiger partial charge is 0.287 e. The zero-order chi connectivity index (χ0) is 14.9. The maximum atomic E-state index is 12.4. The Labute approximate surface area is 122 Å². The van der Waals surface area contributed by atoms with Crippen LogP contribution in [0.1, 0.15) is 21.6 Å². The van der Waals surface area contributed by atoms with Gasteiger partial charge in [-0.1, -0.05) is 23.2 Å². The summed E-state index contributed by atoms with van der Waals surface area (Å²) in [5.41, 5.74) is -0.972. The number of benzene rings is 1. The molecule has 0 spiro atoms. The van der Waals surface area contributed by atoms with Crippen molar-refractivity contribution in [2.45, 2.75) is 6.18 Å². The molecule has 0 saturated heterocycles. The number of nitrogens with zero attached hydrogens (tertiary/aromatic N) is 1. The fourth-order valence-corrected chi connectivity index (χ4v) is 1.88. The summed E-state index contributed by atoms with van der Waals surface area (Å²) in [4.78, 5) is 15.6. The van der Waals surface area contributed by atoms with Gasteiger partial charge in [0.15, 0.2) is 0 Å². The van der Waals surface area contributed by atoms with Crippen LogP contribution in [0.15, 0.2) is 36.5 Å². The van der Waals surface area contributed by atoms with Crippen LogP contribution in [-0.2, 0) is 6.18 Å². The van der Waals surface area contributed by atoms with E-state index in [2.05, 4.69) is 4.98 Å². The second-order valence-electron chi connectivity index (χ2n) is 3.88. The van der Waals surface area contributed by atoms with E-state index >= 15 is 0 Å². The first-order valence-corrected chi connectivity index (χ1v) is 6.07. The van der Waals surface area contributed by atoms with Crippen LogP contribution in [0, 0.1) is 0 Å². The zero-order valence-corrected chi connectivity index (χ0v) is 11.2. The Morgan fingerprint density at radius 2 is 1.80 bits per heavy atom. The predicted octanol–water partition coefficient (Wildman–Crippen LogP) is 4.64. The predicted molar refractivity (Wildman–Crippen MR) is 69.1 cm³/mol. The van der Waals surface area contributed by atoms with Gasteiger partial charge in [-0.15, -0.1) is 0 Å². The van der Waals surface area contributed by atoms with Gasteiger partial charge in [-0.05, 0) is 30.3 Å². The number of rotatable bonds is 2. The summed E-state index contributed by atoms with van der Waals surface area (Å²) >= 11 is 11.6. The van der Waals surface area contributed by atoms with Crippen molar-refractivity contribution in [3.63, 3.8) is 0 Å². The Morgan fingerprint density at radius 1 is 1.10 bits per heavy atom. The van der Waals surface area contributed by atoms with Crippen LogP contribution in [0.25, 0.3) is 0 Å². The van der Waals surface area contributed by atoms with Crippen LogP contribution in [0.3, 0.4) is 0 Å². The molecule has 0 radical (unpaired) electrons. The molecule has 0 fully saturated rings. The van der Waals surface area contributed by atoms with Crippen LogP contribution >= 0.6 is 23.2 Å². The molecule has 0 aliphatic heterocycles. The minimum absolute atomic E-state index is 0.0893. The van der Waals surface area contributed by atoms with Crippen molar-refractivity contribution < 1.29 is 18.0 Å². The third-order valence-electron chi connectivity index (χ3n) is 2.50. The van der Waals surface area contributed by atoms with Crippen LogP contribution in [0.2, 0.25) is 10.0 Å². The number of hydrogen-bond acceptors (Lipinski definition) is 2. The fourth-order valence-electron chi connectivity index (χ4n) is 1.51. The molecule has 0 bridgehead atoms. The van der Waals surface area contributed by atoms with Gasteiger partial charge in [0.05, 0.1) is 10.6 Å². The molecule has 1 heterocycles. The van der Waals surface area contributed by atoms with E-state index in [9.17, 15) is 18.0 Å². The summed E-state index contributed by atoms with van der Waals surface area (Å²) < 4.78 is 37.2. The van der Waals surface area contributed by atoms with Crippen molar-refractivity contribution in [1.82, 2.24) is 4.98 Å². The maximum absolute atomic E-state index is 12.4. The summed E-state index contributed by atoms with van der Waals surface area (Å²) in [5, 5.41) is 0.450. The summed E-state index contributed by atoms with van der Waals surface area (Å²) in [7, 11) is 0. The van der Waals surface area contributed by atoms with Gasteiger partial charge in [0.1, 0.15) is 5.69 Å². The van der Waals surface area contributed by atoms with Gasteiger partial charge >= 0.3 is 6.18 Å². The minimum atomic E-state index is -4.50. The highest BCUT2D eigenvalue weighted by atomic mass is 35.5. The largest absolute Gasteiger partial charge is 0.417 e. The SMILES string of the molecule is O=C(c1ccc(C(F)(F)F)cn1)c1cc(Cl)ccc1Cl. The van der Waals surface area contributed by atoms with Crippen molar-refractivity contribution in [2.24, 2.45) is 0 Å². The average molecular weight is 320 g/mol. The van der Waals surface area contributed by atoms with Gasteiger partial charge in [0, 0.05) is 16.8 Å². The lowest BCUT2D eigenvalue weighted by Crippen LogP contribution is -2.09. The third kappa shape index (κ3) is 3.11. The Balaban J connectivity index is 2.37. The molecule has 0 N–H and O–H groups in total. The highest BCUT2D eigenvalue weighted by Gasteiger charge is 2.31. The van der Waals surface area contributed by atoms with Gasteiger partial charge in [-0.2, -0.15) is 13.2 Å². The van der Waals surface area contributed by atoms with E-state index in [1.54, 1.807) is 0 Å². The van der Waals surface area contributed by atoms with E-state index in [1.807, 2.05) is 0 Å². The lowest BCUT2D eigenvalue weighted by atomic mass is 10.1. The second kappa shape index (κ2) is 5.42. The summed E-state index contributed by atoms with van der Waals surface area (Å²) in [5.74, 6) is -0.591. The van der Waals surface area contributed by atoms with Gasteiger partial charge in [0.2, 0.25) is 5.78 Å². The number of ketones is 1. The molecule has 1 aromatic heterocycles. The second-order valence-corrected chi connectivity index (χ2v) is 4.73. The lowest BCUT2D eigenvalue weighted by molar-refractivity contribution is -0.137. The Kier molecular flexibility index (Phi) is 4.01. The molecular weight excluding hydrogens is 314 g/mol. The first-order chi connectivity index (χ1) is 9.29. The van der Waals surface area contributed by atoms with E-state index in [4.69, 9.17) is 23.2 Å². The van der Waals surface area contributed by atoms with E-state index in [0.29, 0.717) is 11.2 Å². The van der Waals surface area contributed by atoms with Crippen molar-refractivity contribution in [1.29, 1.82) is 0 Å². The summed E-state index contributed by atoms with van der Waals surface area (Å²) in [6.07, 6.45) is -3.89. The van der Waals surface area contributed by atoms with Crippen molar-refractivity contribution >= 4 is 29.0 Å². The number of carbonyl (C=O) groups excluding carboxylic acids is 1. The summed E-state index contributed by atoms with van der Waals surface area (Å²) in [6.45, 7) is 0. The van der Waals surface area contributed by atoms with Gasteiger partial charge in [0.25, 0.3) is 0 Å². The molecule has 0 amide bonds. The topological polar surface area (TPSA) is 30.0 Å². The average Bonchev–Trinajstić information content (AvgIpc) is 2.40. The number of hydrogen-bond donors (Lipinski definition) is 0. The number of halogens is 5. The van der Waals surface area contributed by atoms with Crippen LogP contribution in [0.4, 0.5) is 13.2 Å². The molecule has 20 heavy (non-hydrogen) atoms. The first-order valence-electron chi connectivity index (χ1n) is 5.32. The van der Waals surface area contributed by atoms with Gasteiger partial charge < -0.3 is 0 Å². The van der Waals surface area contributed by atoms with E-state index in [1.165, 1.54) is 18.2 Å². The Hall–Kier alpha value is -1.59. The number of carbonyl (C=O) groups is 1. The number of aromatic nitrogens is 1. The van der Waals surface area contributed by atoms with E-state index in [0.717, 1.165) is 12.1 Å². The van der Waals surface area contributed by atoms with Gasteiger partial charge in [-0.3, -0.25) is 9.78 Å². The van der Waals surface area contributed by atoms with Crippen molar-refractivity contribution in [3.05, 3.63) is 63.4 Å². The number of pyridine rings is 1. The molecular formula is C13H6Cl2F3NO. The molecule has 2 nitrogen and oxygen atoms in total. The minimum Gasteiger partial charge on any atom is -0.287 e. The molecule has 0 saturated carbocycles. The maximum Gasteiger partial charge on any atom is 0.417 e. The van der Waals surface area contributed by atoms with Crippen LogP contribution in [-0.4, -0.2) is 10.8 Å². The molecule has 104 valence electrons. The standard InChI is InChI=1S/C13H6Cl2F3NO/c14-8-2-3-10(15)9(5-8)12(20)11-4-1-7(6-19-11)13(16,17)18/h1-6H. The Morgan fingerprint density at radius 3 is 2.35 bits per heavy atom. The zero-order valence-electron chi connectivity index (χ0n) is 9.71. The monoisotopic (exact) mass is 319 g/mol. The molecule has 7 heteroatoms. The van der Waals surface area contributed by atoms with Gasteiger partial charge in [-0.25, -0.2) is 0 Å². The normalized spacial score (nSPS) is 11.4. The van der Waals surface area contributed by atoms with Crippen molar-refractivity contribution in [2.75, 3.05) is 0 Å². The lowest BCUT2D eigenvalue weighted by Gasteiger charge is -2.07. The quantitative estimate of drug-likeness (QED) is 0.755. The number of alkyl halides is 3. The first kappa shape index (κ1) is 14.8. The van der Waals surface area contributed by atoms with Crippen LogP contribution in [0.5, 0.6) is 0 Å². The fraction of sp³-hybridized carbons (Fsp3) is 0.0769. The third-order valence-corrected chi connectivity index (χ3v) is 3.06. The molecule has 0 unspecified atom stereocenters. The molecule has 2 rings (SSSR count). The Bertz CT molecular complexity index is 654. The molecule has 0 atom stereocenters.